The summed E-state index contributed by atoms with van der Waals surface area (Å²) in [6.45, 7) is 6.04. The molecule has 3 amide bonds. The Balaban J connectivity index is 0.0000115. The summed E-state index contributed by atoms with van der Waals surface area (Å²) in [7, 11) is 0. The second-order valence-corrected chi connectivity index (χ2v) is 11.7. The fourth-order valence-corrected chi connectivity index (χ4v) is 4.92. The smallest absolute Gasteiger partial charge is 0.338 e. The Morgan fingerprint density at radius 2 is 1.12 bits per heavy atom. The summed E-state index contributed by atoms with van der Waals surface area (Å²) in [6, 6.07) is -1.05. The van der Waals surface area contributed by atoms with Gasteiger partial charge in [0.15, 0.2) is 12.2 Å². The Morgan fingerprint density at radius 1 is 0.708 bits per heavy atom. The zero-order valence-corrected chi connectivity index (χ0v) is 29.6. The summed E-state index contributed by atoms with van der Waals surface area (Å²) in [4.78, 5) is 91.1. The molecule has 0 aliphatic carbocycles. The van der Waals surface area contributed by atoms with Crippen LogP contribution in [0, 0.1) is 45.9 Å². The van der Waals surface area contributed by atoms with Crippen molar-refractivity contribution in [3.8, 4) is 0 Å². The summed E-state index contributed by atoms with van der Waals surface area (Å²) >= 11 is 0. The summed E-state index contributed by atoms with van der Waals surface area (Å²) in [6.07, 6.45) is -1.90. The predicted molar refractivity (Wildman–Crippen MR) is 162 cm³/mol. The first kappa shape index (κ1) is 43.4. The third-order valence-electron chi connectivity index (χ3n) is 7.31. The molecule has 2 rings (SSSR count). The molecule has 20 heteroatoms. The molecule has 1 unspecified atom stereocenters. The first-order chi connectivity index (χ1) is 22.2. The molecule has 0 aromatic rings. The van der Waals surface area contributed by atoms with Gasteiger partial charge in [-0.25, -0.2) is 4.79 Å². The number of carboxylic acids is 3. The summed E-state index contributed by atoms with van der Waals surface area (Å²) in [5.41, 5.74) is 4.64. The number of carboxylic acid groups (broad SMARTS) is 3. The van der Waals surface area contributed by atoms with Gasteiger partial charge >= 0.3 is 23.9 Å². The van der Waals surface area contributed by atoms with Crippen LogP contribution in [-0.2, 0) is 43.0 Å². The molecule has 2 saturated heterocycles. The zero-order chi connectivity index (χ0) is 35.1. The normalized spacial score (nSPS) is 20.6. The van der Waals surface area contributed by atoms with E-state index in [0.717, 1.165) is 0 Å². The number of hydrogen-bond acceptors (Lipinski definition) is 13. The number of hydrogen-bond donors (Lipinski definition) is 6. The molecule has 2 aliphatic heterocycles. The number of nitrogens with one attached hydrogen (secondary N) is 3. The minimum atomic E-state index is -1.08. The molecular formula is C28H47GdN7O12. The topological polar surface area (TPSA) is 251 Å². The molecule has 48 heavy (non-hydrogen) atoms. The van der Waals surface area contributed by atoms with Crippen LogP contribution < -0.4 is 16.2 Å². The Labute approximate surface area is 310 Å². The number of nitrogens with zero attached hydrogens (tertiary/aromatic N) is 4. The maximum atomic E-state index is 13.0. The van der Waals surface area contributed by atoms with Crippen LogP contribution in [0.5, 0.6) is 0 Å². The monoisotopic (exact) mass is 831 g/mol. The molecule has 2 heterocycles. The van der Waals surface area contributed by atoms with Crippen molar-refractivity contribution in [1.29, 1.82) is 0 Å². The van der Waals surface area contributed by atoms with Gasteiger partial charge in [-0.1, -0.05) is 13.8 Å². The molecule has 0 aromatic carbocycles. The van der Waals surface area contributed by atoms with E-state index in [1.807, 2.05) is 13.8 Å². The Kier molecular flexibility index (Phi) is 20.1. The molecule has 0 aromatic heterocycles. The zero-order valence-electron chi connectivity index (χ0n) is 27.4. The van der Waals surface area contributed by atoms with E-state index < -0.39 is 59.8 Å². The van der Waals surface area contributed by atoms with E-state index in [9.17, 15) is 48.9 Å². The number of esters is 1. The molecule has 0 radical (unpaired) electrons. The van der Waals surface area contributed by atoms with Crippen LogP contribution in [0.1, 0.15) is 27.2 Å². The van der Waals surface area contributed by atoms with Crippen LogP contribution in [0.15, 0.2) is 0 Å². The Bertz CT molecular complexity index is 1100. The number of carbonyl (C=O) groups is 7. The van der Waals surface area contributed by atoms with Crippen molar-refractivity contribution in [2.45, 2.75) is 45.4 Å². The molecule has 0 spiro atoms. The van der Waals surface area contributed by atoms with Crippen molar-refractivity contribution in [2.75, 3.05) is 85.1 Å². The van der Waals surface area contributed by atoms with Crippen LogP contribution in [0.25, 0.3) is 0 Å². The fraction of sp³-hybridized carbons (Fsp3) is 0.750. The molecule has 19 nitrogen and oxygen atoms in total. The Morgan fingerprint density at radius 3 is 1.50 bits per heavy atom. The number of rotatable bonds is 15. The van der Waals surface area contributed by atoms with Gasteiger partial charge in [0.25, 0.3) is 17.7 Å². The average molecular weight is 831 g/mol. The van der Waals surface area contributed by atoms with E-state index in [0.29, 0.717) is 0 Å². The number of amides is 3. The molecule has 0 saturated carbocycles. The van der Waals surface area contributed by atoms with Crippen LogP contribution in [-0.4, -0.2) is 180 Å². The number of carbonyl (C=O) groups excluding carboxylic acids is 4. The van der Waals surface area contributed by atoms with Crippen LogP contribution in [0.4, 0.5) is 0 Å². The second-order valence-electron chi connectivity index (χ2n) is 11.7. The van der Waals surface area contributed by atoms with Gasteiger partial charge in [-0.15, -0.1) is 0 Å². The van der Waals surface area contributed by atoms with Gasteiger partial charge in [0.2, 0.25) is 0 Å². The van der Waals surface area contributed by atoms with Gasteiger partial charge in [0, 0.05) is 92.3 Å². The van der Waals surface area contributed by atoms with Gasteiger partial charge in [-0.2, -0.15) is 0 Å². The average Bonchev–Trinajstić information content (AvgIpc) is 3.77. The van der Waals surface area contributed by atoms with E-state index >= 15 is 0 Å². The van der Waals surface area contributed by atoms with Crippen molar-refractivity contribution < 1.29 is 98.3 Å². The van der Waals surface area contributed by atoms with E-state index in [1.165, 1.54) is 0 Å². The van der Waals surface area contributed by atoms with Gasteiger partial charge < -0.3 is 30.1 Å². The molecule has 274 valence electrons. The van der Waals surface area contributed by atoms with Crippen molar-refractivity contribution >= 4 is 41.6 Å². The second kappa shape index (κ2) is 22.2. The fourth-order valence-electron chi connectivity index (χ4n) is 4.92. The first-order valence-electron chi connectivity index (χ1n) is 15.4. The van der Waals surface area contributed by atoms with Crippen molar-refractivity contribution in [3.05, 3.63) is 0 Å². The number of aliphatic carboxylic acids is 3. The third kappa shape index (κ3) is 17.2. The molecular weight excluding hydrogens is 784 g/mol. The maximum Gasteiger partial charge on any atom is 0.338 e. The van der Waals surface area contributed by atoms with Gasteiger partial charge in [-0.3, -0.25) is 59.2 Å². The molecule has 6 N–H and O–H groups in total. The predicted octanol–water partition coefficient (Wildman–Crippen LogP) is -3.53. The molecule has 2 aliphatic rings. The summed E-state index contributed by atoms with van der Waals surface area (Å²) in [5, 5.41) is 30.6. The third-order valence-corrected chi connectivity index (χ3v) is 7.31. The van der Waals surface area contributed by atoms with Crippen molar-refractivity contribution in [1.82, 2.24) is 35.8 Å². The first-order valence-corrected chi connectivity index (χ1v) is 15.4. The minimum Gasteiger partial charge on any atom is -0.480 e. The van der Waals surface area contributed by atoms with Crippen LogP contribution >= 0.6 is 0 Å². The van der Waals surface area contributed by atoms with E-state index in [1.54, 1.807) is 26.5 Å². The SMILES string of the molecule is CCOC(=O)[C@H]1OC1C(=O)N[C@@H](CC(C)C)C(=O)NNC(=O)CN1CCN(CC(=O)O)CCN(CC(=O)O)CCN(CC(=O)O)CC1.[Gd]. The maximum absolute atomic E-state index is 13.0. The van der Waals surface area contributed by atoms with Gasteiger partial charge in [0.1, 0.15) is 6.04 Å². The standard InChI is InChI=1S/C28H47N7O12.Gd/c1-4-46-28(45)25-24(47-25)27(44)29-19(13-18(2)3)26(43)31-30-20(36)14-32-5-7-33(15-21(37)38)9-11-35(17-23(41)42)12-10-34(8-6-32)16-22(39)40;/h18-19,24-25H,4-17H2,1-3H3,(H,29,44)(H,30,36)(H,31,43)(H,37,38)(H,39,40)(H,41,42);/t19-,24?,25-;/m0./s1. The summed E-state index contributed by atoms with van der Waals surface area (Å²) in [5.74, 6) is -5.90. The van der Waals surface area contributed by atoms with Crippen molar-refractivity contribution in [2.24, 2.45) is 5.92 Å². The van der Waals surface area contributed by atoms with Crippen molar-refractivity contribution in [3.63, 3.8) is 0 Å². The number of epoxide rings is 1. The minimum absolute atomic E-state index is 0. The van der Waals surface area contributed by atoms with Crippen LogP contribution in [0.3, 0.4) is 0 Å². The van der Waals surface area contributed by atoms with E-state index in [2.05, 4.69) is 16.2 Å². The Hall–Kier alpha value is -2.59. The van der Waals surface area contributed by atoms with Gasteiger partial charge in [0.05, 0.1) is 32.8 Å². The molecule has 0 bridgehead atoms. The van der Waals surface area contributed by atoms with E-state index in [4.69, 9.17) is 9.47 Å². The van der Waals surface area contributed by atoms with Crippen LogP contribution in [0.2, 0.25) is 0 Å². The van der Waals surface area contributed by atoms with Gasteiger partial charge in [-0.05, 0) is 19.3 Å². The summed E-state index contributed by atoms with van der Waals surface area (Å²) < 4.78 is 9.94. The molecule has 3 atom stereocenters. The largest absolute Gasteiger partial charge is 0.480 e. The number of hydrazine groups is 1. The van der Waals surface area contributed by atoms with E-state index in [-0.39, 0.29) is 137 Å². The quantitative estimate of drug-likeness (QED) is 0.0532. The number of ether oxygens (including phenoxy) is 2. The molecule has 2 fully saturated rings.